The van der Waals surface area contributed by atoms with E-state index in [9.17, 15) is 4.79 Å². The van der Waals surface area contributed by atoms with Crippen LogP contribution in [0, 0.1) is 0 Å². The van der Waals surface area contributed by atoms with Crippen LogP contribution in [0.15, 0.2) is 20.9 Å². The van der Waals surface area contributed by atoms with Gasteiger partial charge in [-0.05, 0) is 19.3 Å². The van der Waals surface area contributed by atoms with Crippen molar-refractivity contribution in [3.63, 3.8) is 0 Å². The lowest BCUT2D eigenvalue weighted by Crippen LogP contribution is -2.54. The summed E-state index contributed by atoms with van der Waals surface area (Å²) >= 11 is 3.50. The number of aromatic nitrogens is 1. The Morgan fingerprint density at radius 2 is 2.19 bits per heavy atom. The molecule has 1 saturated heterocycles. The van der Waals surface area contributed by atoms with Gasteiger partial charge in [0.1, 0.15) is 4.34 Å². The molecule has 1 aliphatic carbocycles. The monoisotopic (exact) mass is 396 g/mol. The average molecular weight is 397 g/mol. The van der Waals surface area contributed by atoms with Crippen LogP contribution in [0.1, 0.15) is 19.3 Å². The molecule has 2 aliphatic rings. The van der Waals surface area contributed by atoms with Crippen LogP contribution in [-0.4, -0.2) is 84.8 Å². The zero-order valence-electron chi connectivity index (χ0n) is 15.3. The summed E-state index contributed by atoms with van der Waals surface area (Å²) in [6, 6.07) is 0.445. The fraction of sp³-hybridized carbons (Fsp3) is 0.706. The number of thioether (sulfide) groups is 1. The van der Waals surface area contributed by atoms with E-state index in [1.54, 1.807) is 23.1 Å². The largest absolute Gasteiger partial charge is 0.356 e. The summed E-state index contributed by atoms with van der Waals surface area (Å²) in [5.41, 5.74) is 0. The quantitative estimate of drug-likeness (QED) is 0.297. The summed E-state index contributed by atoms with van der Waals surface area (Å²) in [7, 11) is 1.84. The molecule has 1 aromatic heterocycles. The van der Waals surface area contributed by atoms with Crippen LogP contribution < -0.4 is 10.6 Å². The second kappa shape index (κ2) is 10.1. The van der Waals surface area contributed by atoms with E-state index in [1.165, 1.54) is 0 Å². The SMILES string of the molecule is CN=C(NCCCSc1nccs1)N1CCN(CC(=O)NC2CC2)CC1. The highest BCUT2D eigenvalue weighted by molar-refractivity contribution is 8.00. The van der Waals surface area contributed by atoms with E-state index >= 15 is 0 Å². The van der Waals surface area contributed by atoms with Crippen LogP contribution in [0.25, 0.3) is 0 Å². The Kier molecular flexibility index (Phi) is 7.57. The standard InChI is InChI=1S/C17H28N6OS2/c1-18-16(19-5-2-11-25-17-20-6-12-26-17)23-9-7-22(8-10-23)13-15(24)21-14-3-4-14/h6,12,14H,2-5,7-11,13H2,1H3,(H,18,19)(H,21,24). The van der Waals surface area contributed by atoms with Gasteiger partial charge in [-0.1, -0.05) is 11.8 Å². The van der Waals surface area contributed by atoms with Crippen LogP contribution in [0.2, 0.25) is 0 Å². The summed E-state index contributed by atoms with van der Waals surface area (Å²) in [5.74, 6) is 2.19. The molecule has 9 heteroatoms. The Balaban J connectivity index is 1.29. The summed E-state index contributed by atoms with van der Waals surface area (Å²) in [5, 5.41) is 8.53. The van der Waals surface area contributed by atoms with Gasteiger partial charge in [0.2, 0.25) is 5.91 Å². The third kappa shape index (κ3) is 6.44. The molecule has 2 fully saturated rings. The van der Waals surface area contributed by atoms with Crippen molar-refractivity contribution in [2.45, 2.75) is 29.6 Å². The first kappa shape index (κ1) is 19.4. The molecule has 2 N–H and O–H groups in total. The van der Waals surface area contributed by atoms with Crippen molar-refractivity contribution >= 4 is 35.0 Å². The first-order valence-electron chi connectivity index (χ1n) is 9.24. The highest BCUT2D eigenvalue weighted by Crippen LogP contribution is 2.20. The molecule has 26 heavy (non-hydrogen) atoms. The number of guanidine groups is 1. The summed E-state index contributed by atoms with van der Waals surface area (Å²) in [4.78, 5) is 25.1. The molecule has 1 aliphatic heterocycles. The highest BCUT2D eigenvalue weighted by Gasteiger charge is 2.25. The van der Waals surface area contributed by atoms with Crippen molar-refractivity contribution in [2.75, 3.05) is 52.1 Å². The second-order valence-corrected chi connectivity index (χ2v) is 8.82. The number of carbonyl (C=O) groups is 1. The molecule has 0 radical (unpaired) electrons. The number of thiazole rings is 1. The molecular formula is C17H28N6OS2. The molecule has 0 bridgehead atoms. The van der Waals surface area contributed by atoms with E-state index in [0.717, 1.165) is 68.0 Å². The Hall–Kier alpha value is -1.32. The van der Waals surface area contributed by atoms with Gasteiger partial charge < -0.3 is 15.5 Å². The van der Waals surface area contributed by atoms with Crippen LogP contribution in [0.4, 0.5) is 0 Å². The predicted octanol–water partition coefficient (Wildman–Crippen LogP) is 1.10. The first-order valence-corrected chi connectivity index (χ1v) is 11.1. The predicted molar refractivity (Wildman–Crippen MR) is 108 cm³/mol. The smallest absolute Gasteiger partial charge is 0.234 e. The lowest BCUT2D eigenvalue weighted by atomic mass is 10.3. The molecule has 1 amide bonds. The third-order valence-corrected chi connectivity index (χ3v) is 6.48. The Labute approximate surface area is 163 Å². The van der Waals surface area contributed by atoms with E-state index in [1.807, 2.05) is 18.6 Å². The first-order chi connectivity index (χ1) is 12.7. The maximum atomic E-state index is 11.9. The van der Waals surface area contributed by atoms with Gasteiger partial charge in [-0.2, -0.15) is 0 Å². The number of carbonyl (C=O) groups excluding carboxylic acids is 1. The maximum absolute atomic E-state index is 11.9. The number of hydrogen-bond acceptors (Lipinski definition) is 6. The lowest BCUT2D eigenvalue weighted by molar-refractivity contribution is -0.122. The fourth-order valence-electron chi connectivity index (χ4n) is 2.87. The molecule has 0 atom stereocenters. The van der Waals surface area contributed by atoms with Crippen molar-refractivity contribution in [1.29, 1.82) is 0 Å². The van der Waals surface area contributed by atoms with E-state index < -0.39 is 0 Å². The molecule has 7 nitrogen and oxygen atoms in total. The van der Waals surface area contributed by atoms with Gasteiger partial charge in [0.15, 0.2) is 5.96 Å². The number of nitrogens with zero attached hydrogens (tertiary/aromatic N) is 4. The molecule has 1 aromatic rings. The van der Waals surface area contributed by atoms with E-state index in [4.69, 9.17) is 0 Å². The van der Waals surface area contributed by atoms with Gasteiger partial charge in [0.05, 0.1) is 6.54 Å². The molecule has 1 saturated carbocycles. The fourth-order valence-corrected chi connectivity index (χ4v) is 4.51. The van der Waals surface area contributed by atoms with Gasteiger partial charge in [0.25, 0.3) is 0 Å². The van der Waals surface area contributed by atoms with E-state index in [0.29, 0.717) is 12.6 Å². The molecule has 144 valence electrons. The molecule has 3 rings (SSSR count). The number of amides is 1. The summed E-state index contributed by atoms with van der Waals surface area (Å²) in [6.07, 6.45) is 5.21. The van der Waals surface area contributed by atoms with Crippen LogP contribution >= 0.6 is 23.1 Å². The number of nitrogens with one attached hydrogen (secondary N) is 2. The molecule has 0 aromatic carbocycles. The lowest BCUT2D eigenvalue weighted by Gasteiger charge is -2.36. The van der Waals surface area contributed by atoms with Crippen molar-refractivity contribution in [3.05, 3.63) is 11.6 Å². The van der Waals surface area contributed by atoms with Crippen molar-refractivity contribution in [1.82, 2.24) is 25.4 Å². The van der Waals surface area contributed by atoms with Gasteiger partial charge in [-0.15, -0.1) is 11.3 Å². The van der Waals surface area contributed by atoms with Gasteiger partial charge in [0, 0.05) is 63.1 Å². The number of hydrogen-bond donors (Lipinski definition) is 2. The topological polar surface area (TPSA) is 72.9 Å². The van der Waals surface area contributed by atoms with Crippen molar-refractivity contribution in [2.24, 2.45) is 4.99 Å². The van der Waals surface area contributed by atoms with Crippen LogP contribution in [-0.2, 0) is 4.79 Å². The van der Waals surface area contributed by atoms with Crippen molar-refractivity contribution in [3.8, 4) is 0 Å². The van der Waals surface area contributed by atoms with Gasteiger partial charge in [-0.3, -0.25) is 14.7 Å². The number of piperazine rings is 1. The van der Waals surface area contributed by atoms with Gasteiger partial charge >= 0.3 is 0 Å². The Morgan fingerprint density at radius 3 is 2.85 bits per heavy atom. The normalized spacial score (nSPS) is 18.8. The molecule has 0 spiro atoms. The zero-order valence-corrected chi connectivity index (χ0v) is 16.9. The highest BCUT2D eigenvalue weighted by atomic mass is 32.2. The third-order valence-electron chi connectivity index (χ3n) is 4.43. The second-order valence-electron chi connectivity index (χ2n) is 6.58. The average Bonchev–Trinajstić information content (AvgIpc) is 3.30. The minimum Gasteiger partial charge on any atom is -0.356 e. The van der Waals surface area contributed by atoms with Crippen LogP contribution in [0.5, 0.6) is 0 Å². The minimum absolute atomic E-state index is 0.168. The zero-order chi connectivity index (χ0) is 18.2. The van der Waals surface area contributed by atoms with E-state index in [-0.39, 0.29) is 5.91 Å². The maximum Gasteiger partial charge on any atom is 0.234 e. The van der Waals surface area contributed by atoms with Gasteiger partial charge in [-0.25, -0.2) is 4.98 Å². The Morgan fingerprint density at radius 1 is 1.38 bits per heavy atom. The van der Waals surface area contributed by atoms with Crippen LogP contribution in [0.3, 0.4) is 0 Å². The number of aliphatic imine (C=N–C) groups is 1. The molecule has 2 heterocycles. The van der Waals surface area contributed by atoms with Crippen molar-refractivity contribution < 1.29 is 4.79 Å². The minimum atomic E-state index is 0.168. The molecular weight excluding hydrogens is 368 g/mol. The van der Waals surface area contributed by atoms with E-state index in [2.05, 4.69) is 30.4 Å². The summed E-state index contributed by atoms with van der Waals surface area (Å²) in [6.45, 7) is 5.05. The summed E-state index contributed by atoms with van der Waals surface area (Å²) < 4.78 is 1.14. The molecule has 0 unspecified atom stereocenters. The Bertz CT molecular complexity index is 582. The number of rotatable bonds is 8.